The van der Waals surface area contributed by atoms with Gasteiger partial charge in [-0.2, -0.15) is 0 Å². The Bertz CT molecular complexity index is 595. The number of halogens is 1. The summed E-state index contributed by atoms with van der Waals surface area (Å²) in [5.41, 5.74) is 7.92. The smallest absolute Gasteiger partial charge is 0.259 e. The molecule has 2 rings (SSSR count). The molecule has 0 spiro atoms. The Morgan fingerprint density at radius 1 is 1.35 bits per heavy atom. The van der Waals surface area contributed by atoms with Gasteiger partial charge in [0.1, 0.15) is 0 Å². The Hall–Kier alpha value is -1.94. The topological polar surface area (TPSA) is 59.5 Å². The molecule has 0 saturated heterocycles. The van der Waals surface area contributed by atoms with Crippen LogP contribution < -0.4 is 5.73 Å². The molecule has 1 aromatic carbocycles. The van der Waals surface area contributed by atoms with Gasteiger partial charge in [-0.1, -0.05) is 25.1 Å². The number of anilines is 1. The van der Waals surface area contributed by atoms with Crippen molar-refractivity contribution >= 4 is 23.2 Å². The molecule has 0 radical (unpaired) electrons. The molecule has 0 saturated carbocycles. The summed E-state index contributed by atoms with van der Waals surface area (Å²) in [5, 5.41) is 0.122. The van der Waals surface area contributed by atoms with Gasteiger partial charge in [-0.15, -0.1) is 0 Å². The maximum atomic E-state index is 12.5. The summed E-state index contributed by atoms with van der Waals surface area (Å²) in [5.74, 6) is -0.145. The minimum absolute atomic E-state index is 0.122. The molecule has 106 valence electrons. The van der Waals surface area contributed by atoms with Crippen molar-refractivity contribution in [3.05, 3.63) is 52.9 Å². The lowest BCUT2D eigenvalue weighted by atomic mass is 10.1. The average molecular weight is 293 g/mol. The van der Waals surface area contributed by atoms with Crippen molar-refractivity contribution in [3.63, 3.8) is 0 Å². The van der Waals surface area contributed by atoms with Crippen LogP contribution in [0.15, 0.2) is 41.0 Å². The Kier molecular flexibility index (Phi) is 4.69. The van der Waals surface area contributed by atoms with E-state index in [1.54, 1.807) is 11.0 Å². The molecule has 0 fully saturated rings. The van der Waals surface area contributed by atoms with Gasteiger partial charge < -0.3 is 15.1 Å². The molecule has 1 aromatic heterocycles. The first-order valence-electron chi connectivity index (χ1n) is 6.49. The van der Waals surface area contributed by atoms with Gasteiger partial charge in [0.05, 0.1) is 11.8 Å². The second-order valence-corrected chi connectivity index (χ2v) is 4.88. The van der Waals surface area contributed by atoms with E-state index in [0.29, 0.717) is 24.3 Å². The lowest BCUT2D eigenvalue weighted by Crippen LogP contribution is -2.31. The highest BCUT2D eigenvalue weighted by atomic mass is 35.5. The lowest BCUT2D eigenvalue weighted by molar-refractivity contribution is 0.0743. The zero-order valence-corrected chi connectivity index (χ0v) is 12.1. The molecule has 0 bridgehead atoms. The van der Waals surface area contributed by atoms with Crippen molar-refractivity contribution in [2.45, 2.75) is 19.9 Å². The van der Waals surface area contributed by atoms with Gasteiger partial charge in [0.15, 0.2) is 0 Å². The zero-order chi connectivity index (χ0) is 14.5. The molecule has 1 amide bonds. The van der Waals surface area contributed by atoms with E-state index in [1.807, 2.05) is 31.2 Å². The summed E-state index contributed by atoms with van der Waals surface area (Å²) in [6, 6.07) is 9.11. The second kappa shape index (κ2) is 6.48. The summed E-state index contributed by atoms with van der Waals surface area (Å²) in [4.78, 5) is 14.2. The maximum absolute atomic E-state index is 12.5. The number of rotatable bonds is 5. The number of nitrogen functional groups attached to an aromatic ring is 1. The van der Waals surface area contributed by atoms with E-state index < -0.39 is 0 Å². The third-order valence-electron chi connectivity index (χ3n) is 3.05. The number of carbonyl (C=O) groups excluding carboxylic acids is 1. The van der Waals surface area contributed by atoms with Crippen molar-refractivity contribution in [2.75, 3.05) is 12.3 Å². The van der Waals surface area contributed by atoms with E-state index in [-0.39, 0.29) is 11.1 Å². The largest absolute Gasteiger partial charge is 0.452 e. The number of nitrogens with zero attached hydrogens (tertiary/aromatic N) is 1. The van der Waals surface area contributed by atoms with Crippen LogP contribution in [0.1, 0.15) is 29.3 Å². The highest BCUT2D eigenvalue weighted by Gasteiger charge is 2.20. The number of hydrogen-bond acceptors (Lipinski definition) is 3. The quantitative estimate of drug-likeness (QED) is 0.857. The van der Waals surface area contributed by atoms with Crippen LogP contribution in [0.3, 0.4) is 0 Å². The van der Waals surface area contributed by atoms with Crippen LogP contribution in [0.2, 0.25) is 5.22 Å². The Balaban J connectivity index is 2.21. The monoisotopic (exact) mass is 292 g/mol. The molecule has 1 heterocycles. The number of carbonyl (C=O) groups is 1. The SMILES string of the molecule is CCCN(Cc1ccccc1N)C(=O)c1ccoc1Cl. The Morgan fingerprint density at radius 3 is 2.70 bits per heavy atom. The van der Waals surface area contributed by atoms with E-state index >= 15 is 0 Å². The highest BCUT2D eigenvalue weighted by Crippen LogP contribution is 2.21. The Morgan fingerprint density at radius 2 is 2.10 bits per heavy atom. The fourth-order valence-electron chi connectivity index (χ4n) is 2.02. The van der Waals surface area contributed by atoms with Crippen LogP contribution in [0, 0.1) is 0 Å². The van der Waals surface area contributed by atoms with Gasteiger partial charge in [-0.05, 0) is 35.7 Å². The predicted octanol–water partition coefficient (Wildman–Crippen LogP) is 3.57. The van der Waals surface area contributed by atoms with Gasteiger partial charge in [-0.3, -0.25) is 4.79 Å². The molecular formula is C15H17ClN2O2. The summed E-state index contributed by atoms with van der Waals surface area (Å²) < 4.78 is 4.98. The summed E-state index contributed by atoms with van der Waals surface area (Å²) >= 11 is 5.87. The van der Waals surface area contributed by atoms with Crippen molar-refractivity contribution in [1.82, 2.24) is 4.90 Å². The fourth-order valence-corrected chi connectivity index (χ4v) is 2.22. The van der Waals surface area contributed by atoms with Crippen LogP contribution >= 0.6 is 11.6 Å². The molecule has 0 aliphatic rings. The lowest BCUT2D eigenvalue weighted by Gasteiger charge is -2.22. The maximum Gasteiger partial charge on any atom is 0.259 e. The summed E-state index contributed by atoms with van der Waals surface area (Å²) in [7, 11) is 0. The molecule has 0 aliphatic carbocycles. The molecule has 2 N–H and O–H groups in total. The number of amides is 1. The highest BCUT2D eigenvalue weighted by molar-refractivity contribution is 6.32. The second-order valence-electron chi connectivity index (χ2n) is 4.53. The third-order valence-corrected chi connectivity index (χ3v) is 3.34. The minimum atomic E-state index is -0.145. The van der Waals surface area contributed by atoms with Gasteiger partial charge in [0, 0.05) is 18.8 Å². The average Bonchev–Trinajstić information content (AvgIpc) is 2.86. The van der Waals surface area contributed by atoms with Crippen molar-refractivity contribution in [3.8, 4) is 0 Å². The fraction of sp³-hybridized carbons (Fsp3) is 0.267. The molecular weight excluding hydrogens is 276 g/mol. The van der Waals surface area contributed by atoms with Crippen molar-refractivity contribution in [2.24, 2.45) is 0 Å². The van der Waals surface area contributed by atoms with Crippen LogP contribution in [0.25, 0.3) is 0 Å². The van der Waals surface area contributed by atoms with E-state index in [9.17, 15) is 4.79 Å². The first-order chi connectivity index (χ1) is 9.63. The summed E-state index contributed by atoms with van der Waals surface area (Å²) in [6.45, 7) is 3.11. The normalized spacial score (nSPS) is 10.5. The van der Waals surface area contributed by atoms with Crippen LogP contribution in [-0.4, -0.2) is 17.4 Å². The first-order valence-corrected chi connectivity index (χ1v) is 6.87. The molecule has 2 aromatic rings. The standard InChI is InChI=1S/C15H17ClN2O2/c1-2-8-18(10-11-5-3-4-6-13(11)17)15(19)12-7-9-20-14(12)16/h3-7,9H,2,8,10,17H2,1H3. The Labute approximate surface area is 123 Å². The number of hydrogen-bond donors (Lipinski definition) is 1. The number of furan rings is 1. The van der Waals surface area contributed by atoms with Gasteiger partial charge in [0.2, 0.25) is 5.22 Å². The molecule has 0 aliphatic heterocycles. The zero-order valence-electron chi connectivity index (χ0n) is 11.3. The molecule has 20 heavy (non-hydrogen) atoms. The number of para-hydroxylation sites is 1. The van der Waals surface area contributed by atoms with E-state index in [4.69, 9.17) is 21.8 Å². The van der Waals surface area contributed by atoms with E-state index in [2.05, 4.69) is 0 Å². The first kappa shape index (κ1) is 14.5. The van der Waals surface area contributed by atoms with Gasteiger partial charge >= 0.3 is 0 Å². The molecule has 4 nitrogen and oxygen atoms in total. The molecule has 5 heteroatoms. The van der Waals surface area contributed by atoms with Crippen LogP contribution in [0.5, 0.6) is 0 Å². The van der Waals surface area contributed by atoms with Gasteiger partial charge in [0.25, 0.3) is 5.91 Å². The van der Waals surface area contributed by atoms with Gasteiger partial charge in [-0.25, -0.2) is 0 Å². The third kappa shape index (κ3) is 3.14. The predicted molar refractivity (Wildman–Crippen MR) is 79.6 cm³/mol. The minimum Gasteiger partial charge on any atom is -0.452 e. The van der Waals surface area contributed by atoms with Crippen LogP contribution in [0.4, 0.5) is 5.69 Å². The molecule has 0 atom stereocenters. The van der Waals surface area contributed by atoms with Crippen molar-refractivity contribution in [1.29, 1.82) is 0 Å². The van der Waals surface area contributed by atoms with Crippen molar-refractivity contribution < 1.29 is 9.21 Å². The molecule has 0 unspecified atom stereocenters. The van der Waals surface area contributed by atoms with Crippen LogP contribution in [-0.2, 0) is 6.54 Å². The summed E-state index contributed by atoms with van der Waals surface area (Å²) in [6.07, 6.45) is 2.27. The number of benzene rings is 1. The number of nitrogens with two attached hydrogens (primary N) is 1. The van der Waals surface area contributed by atoms with E-state index in [0.717, 1.165) is 12.0 Å². The van der Waals surface area contributed by atoms with E-state index in [1.165, 1.54) is 6.26 Å².